The van der Waals surface area contributed by atoms with Crippen LogP contribution in [0, 0.1) is 17.8 Å². The summed E-state index contributed by atoms with van der Waals surface area (Å²) in [6, 6.07) is 0.0782. The first-order valence-electron chi connectivity index (χ1n) is 8.78. The summed E-state index contributed by atoms with van der Waals surface area (Å²) >= 11 is 0. The van der Waals surface area contributed by atoms with E-state index in [9.17, 15) is 4.79 Å². The molecular formula is C17H25N3O3. The van der Waals surface area contributed by atoms with E-state index >= 15 is 0 Å². The molecule has 4 rings (SSSR count). The monoisotopic (exact) mass is 319 g/mol. The molecule has 0 spiro atoms. The highest BCUT2D eigenvalue weighted by Gasteiger charge is 2.49. The number of ether oxygens (including phenoxy) is 2. The van der Waals surface area contributed by atoms with Crippen LogP contribution >= 0.6 is 0 Å². The van der Waals surface area contributed by atoms with Crippen molar-refractivity contribution in [3.05, 3.63) is 11.9 Å². The molecule has 1 aromatic rings. The molecule has 126 valence electrons. The SMILES string of the molecule is CC(C)Cc1cn([C@H]2CO[C@@H]3[C@@H](CC(=O)C4CC4)CO[C@@H]32)nn1. The fourth-order valence-electron chi connectivity index (χ4n) is 3.78. The number of nitrogens with zero attached hydrogens (tertiary/aromatic N) is 3. The summed E-state index contributed by atoms with van der Waals surface area (Å²) in [6.07, 6.45) is 5.72. The van der Waals surface area contributed by atoms with Crippen LogP contribution in [0.1, 0.15) is 44.8 Å². The van der Waals surface area contributed by atoms with E-state index in [-0.39, 0.29) is 24.2 Å². The van der Waals surface area contributed by atoms with Gasteiger partial charge in [0.1, 0.15) is 17.9 Å². The molecule has 1 saturated carbocycles. The molecule has 1 aromatic heterocycles. The second kappa shape index (κ2) is 5.98. The Bertz CT molecular complexity index is 581. The van der Waals surface area contributed by atoms with Crippen LogP contribution in [0.5, 0.6) is 0 Å². The van der Waals surface area contributed by atoms with Crippen LogP contribution in [0.3, 0.4) is 0 Å². The predicted octanol–water partition coefficient (Wildman–Crippen LogP) is 1.80. The lowest BCUT2D eigenvalue weighted by molar-refractivity contribution is -0.121. The molecule has 1 aliphatic carbocycles. The van der Waals surface area contributed by atoms with Gasteiger partial charge < -0.3 is 9.47 Å². The molecule has 6 heteroatoms. The summed E-state index contributed by atoms with van der Waals surface area (Å²) in [5.41, 5.74) is 1.02. The van der Waals surface area contributed by atoms with Gasteiger partial charge in [0, 0.05) is 24.5 Å². The van der Waals surface area contributed by atoms with Crippen LogP contribution in [0.4, 0.5) is 0 Å². The van der Waals surface area contributed by atoms with Gasteiger partial charge in [0.2, 0.25) is 0 Å². The number of hydrogen-bond acceptors (Lipinski definition) is 5. The molecular weight excluding hydrogens is 294 g/mol. The van der Waals surface area contributed by atoms with Gasteiger partial charge in [0.05, 0.1) is 25.0 Å². The van der Waals surface area contributed by atoms with E-state index < -0.39 is 0 Å². The van der Waals surface area contributed by atoms with Crippen LogP contribution < -0.4 is 0 Å². The topological polar surface area (TPSA) is 66.2 Å². The molecule has 4 atom stereocenters. The quantitative estimate of drug-likeness (QED) is 0.800. The van der Waals surface area contributed by atoms with Crippen LogP contribution in [-0.4, -0.2) is 46.2 Å². The van der Waals surface area contributed by atoms with Crippen molar-refractivity contribution in [3.8, 4) is 0 Å². The molecule has 3 aliphatic rings. The first kappa shape index (κ1) is 15.3. The number of carbonyl (C=O) groups excluding carboxylic acids is 1. The van der Waals surface area contributed by atoms with Gasteiger partial charge in [-0.25, -0.2) is 4.68 Å². The van der Waals surface area contributed by atoms with E-state index in [1.54, 1.807) is 0 Å². The number of fused-ring (bicyclic) bond motifs is 1. The largest absolute Gasteiger partial charge is 0.373 e. The first-order chi connectivity index (χ1) is 11.1. The standard InChI is InChI=1S/C17H25N3O3/c1-10(2)5-13-7-20(19-18-13)14-9-23-16-12(8-22-17(14)16)6-15(21)11-3-4-11/h7,10-12,14,16-17H,3-6,8-9H2,1-2H3/t12-,14-,16+,17+/m0/s1. The van der Waals surface area contributed by atoms with Crippen molar-refractivity contribution in [2.75, 3.05) is 13.2 Å². The third-order valence-corrected chi connectivity index (χ3v) is 5.14. The fraction of sp³-hybridized carbons (Fsp3) is 0.824. The van der Waals surface area contributed by atoms with Gasteiger partial charge in [0.25, 0.3) is 0 Å². The van der Waals surface area contributed by atoms with E-state index in [1.165, 1.54) is 0 Å². The average Bonchev–Trinajstić information content (AvgIpc) is 2.93. The summed E-state index contributed by atoms with van der Waals surface area (Å²) in [5, 5.41) is 8.54. The van der Waals surface area contributed by atoms with Crippen LogP contribution in [0.25, 0.3) is 0 Å². The van der Waals surface area contributed by atoms with Gasteiger partial charge >= 0.3 is 0 Å². The van der Waals surface area contributed by atoms with E-state index in [0.717, 1.165) is 25.0 Å². The molecule has 0 unspecified atom stereocenters. The highest BCUT2D eigenvalue weighted by Crippen LogP contribution is 2.40. The Hall–Kier alpha value is -1.27. The molecule has 23 heavy (non-hydrogen) atoms. The van der Waals surface area contributed by atoms with Crippen molar-refractivity contribution < 1.29 is 14.3 Å². The molecule has 0 aromatic carbocycles. The third-order valence-electron chi connectivity index (χ3n) is 5.14. The normalized spacial score (nSPS) is 33.3. The van der Waals surface area contributed by atoms with E-state index in [2.05, 4.69) is 24.2 Å². The summed E-state index contributed by atoms with van der Waals surface area (Å²) in [7, 11) is 0. The van der Waals surface area contributed by atoms with Gasteiger partial charge in [-0.15, -0.1) is 5.10 Å². The van der Waals surface area contributed by atoms with Crippen LogP contribution in [-0.2, 0) is 20.7 Å². The molecule has 0 amide bonds. The maximum absolute atomic E-state index is 12.1. The smallest absolute Gasteiger partial charge is 0.136 e. The summed E-state index contributed by atoms with van der Waals surface area (Å²) in [5.74, 6) is 1.48. The maximum atomic E-state index is 12.1. The lowest BCUT2D eigenvalue weighted by atomic mass is 9.94. The number of rotatable bonds is 6. The number of Topliss-reactive ketones (excluding diaryl/α,β-unsaturated/α-hetero) is 1. The van der Waals surface area contributed by atoms with Gasteiger partial charge in [-0.2, -0.15) is 0 Å². The van der Waals surface area contributed by atoms with Gasteiger partial charge in [-0.1, -0.05) is 19.1 Å². The maximum Gasteiger partial charge on any atom is 0.136 e. The Kier molecular flexibility index (Phi) is 3.97. The zero-order chi connectivity index (χ0) is 16.0. The Morgan fingerprint density at radius 1 is 1.30 bits per heavy atom. The number of carbonyl (C=O) groups is 1. The zero-order valence-corrected chi connectivity index (χ0v) is 13.9. The first-order valence-corrected chi connectivity index (χ1v) is 8.78. The van der Waals surface area contributed by atoms with Crippen molar-refractivity contribution >= 4 is 5.78 Å². The van der Waals surface area contributed by atoms with E-state index in [1.807, 2.05) is 10.9 Å². The highest BCUT2D eigenvalue weighted by atomic mass is 16.6. The molecule has 2 aliphatic heterocycles. The molecule has 0 bridgehead atoms. The summed E-state index contributed by atoms with van der Waals surface area (Å²) in [4.78, 5) is 12.1. The Morgan fingerprint density at radius 2 is 2.09 bits per heavy atom. The van der Waals surface area contributed by atoms with E-state index in [0.29, 0.717) is 37.3 Å². The van der Waals surface area contributed by atoms with Crippen LogP contribution in [0.15, 0.2) is 6.20 Å². The molecule has 6 nitrogen and oxygen atoms in total. The summed E-state index contributed by atoms with van der Waals surface area (Å²) < 4.78 is 13.9. The van der Waals surface area contributed by atoms with Gasteiger partial charge in [0.15, 0.2) is 0 Å². The molecule has 2 saturated heterocycles. The van der Waals surface area contributed by atoms with Crippen molar-refractivity contribution in [1.82, 2.24) is 15.0 Å². The fourth-order valence-corrected chi connectivity index (χ4v) is 3.78. The minimum absolute atomic E-state index is 0.000558. The zero-order valence-electron chi connectivity index (χ0n) is 13.9. The second-order valence-corrected chi connectivity index (χ2v) is 7.66. The van der Waals surface area contributed by atoms with Crippen molar-refractivity contribution in [2.45, 2.75) is 57.8 Å². The van der Waals surface area contributed by atoms with E-state index in [4.69, 9.17) is 9.47 Å². The van der Waals surface area contributed by atoms with Gasteiger partial charge in [-0.05, 0) is 25.2 Å². The second-order valence-electron chi connectivity index (χ2n) is 7.66. The molecule has 3 heterocycles. The number of aromatic nitrogens is 3. The lowest BCUT2D eigenvalue weighted by Crippen LogP contribution is -2.29. The number of ketones is 1. The van der Waals surface area contributed by atoms with Gasteiger partial charge in [-0.3, -0.25) is 4.79 Å². The molecule has 3 fully saturated rings. The van der Waals surface area contributed by atoms with Crippen molar-refractivity contribution in [1.29, 1.82) is 0 Å². The van der Waals surface area contributed by atoms with Crippen molar-refractivity contribution in [3.63, 3.8) is 0 Å². The Labute approximate surface area is 136 Å². The third kappa shape index (κ3) is 3.06. The number of hydrogen-bond donors (Lipinski definition) is 0. The lowest BCUT2D eigenvalue weighted by Gasteiger charge is -2.16. The average molecular weight is 319 g/mol. The minimum Gasteiger partial charge on any atom is -0.373 e. The van der Waals surface area contributed by atoms with Crippen LogP contribution in [0.2, 0.25) is 0 Å². The highest BCUT2D eigenvalue weighted by molar-refractivity contribution is 5.83. The predicted molar refractivity (Wildman–Crippen MR) is 82.9 cm³/mol. The Balaban J connectivity index is 1.40. The molecule has 0 radical (unpaired) electrons. The van der Waals surface area contributed by atoms with Crippen molar-refractivity contribution in [2.24, 2.45) is 17.8 Å². The Morgan fingerprint density at radius 3 is 2.83 bits per heavy atom. The minimum atomic E-state index is 0.000558. The molecule has 0 N–H and O–H groups in total. The summed E-state index contributed by atoms with van der Waals surface area (Å²) in [6.45, 7) is 5.57.